The van der Waals surface area contributed by atoms with Crippen molar-refractivity contribution in [3.8, 4) is 28.8 Å². The minimum atomic E-state index is -0.361. The van der Waals surface area contributed by atoms with Crippen molar-refractivity contribution in [2.45, 2.75) is 44.8 Å². The average Bonchev–Trinajstić information content (AvgIpc) is 3.40. The second kappa shape index (κ2) is 12.2. The number of aromatic nitrogens is 2. The number of carbonyl (C=O) groups excluding carboxylic acids is 1. The maximum absolute atomic E-state index is 13.9. The highest BCUT2D eigenvalue weighted by Gasteiger charge is 2.20. The molecule has 0 saturated heterocycles. The number of rotatable bonds is 8. The third-order valence-corrected chi connectivity index (χ3v) is 6.85. The molecule has 39 heavy (non-hydrogen) atoms. The second-order valence-electron chi connectivity index (χ2n) is 9.60. The molecule has 3 aromatic carbocycles. The Hall–Kier alpha value is -4.70. The molecule has 1 amide bonds. The molecule has 5 rings (SSSR count). The van der Waals surface area contributed by atoms with Gasteiger partial charge in [0.1, 0.15) is 29.8 Å². The van der Waals surface area contributed by atoms with E-state index < -0.39 is 0 Å². The lowest BCUT2D eigenvalue weighted by Crippen LogP contribution is -2.36. The fourth-order valence-corrected chi connectivity index (χ4v) is 4.73. The molecule has 1 heterocycles. The zero-order valence-electron chi connectivity index (χ0n) is 21.5. The molecule has 0 spiro atoms. The number of nitrogens with zero attached hydrogens (tertiary/aromatic N) is 3. The molecule has 0 atom stereocenters. The van der Waals surface area contributed by atoms with E-state index in [0.29, 0.717) is 22.6 Å². The van der Waals surface area contributed by atoms with Crippen molar-refractivity contribution in [2.75, 3.05) is 0 Å². The van der Waals surface area contributed by atoms with E-state index >= 15 is 0 Å². The molecule has 0 radical (unpaired) electrons. The number of nitriles is 1. The molecule has 7 heteroatoms. The second-order valence-corrected chi connectivity index (χ2v) is 9.60. The van der Waals surface area contributed by atoms with Crippen molar-refractivity contribution in [3.63, 3.8) is 0 Å². The van der Waals surface area contributed by atoms with E-state index in [2.05, 4.69) is 11.4 Å². The summed E-state index contributed by atoms with van der Waals surface area (Å²) in [7, 11) is 0. The Bertz CT molecular complexity index is 1500. The van der Waals surface area contributed by atoms with Gasteiger partial charge in [0, 0.05) is 28.9 Å². The van der Waals surface area contributed by atoms with Gasteiger partial charge in [-0.2, -0.15) is 10.4 Å². The van der Waals surface area contributed by atoms with E-state index in [4.69, 9.17) is 9.84 Å². The molecule has 1 aromatic heterocycles. The Morgan fingerprint density at radius 2 is 1.74 bits per heavy atom. The summed E-state index contributed by atoms with van der Waals surface area (Å²) in [6.45, 7) is 0.115. The zero-order chi connectivity index (χ0) is 27.0. The van der Waals surface area contributed by atoms with Crippen molar-refractivity contribution in [2.24, 2.45) is 0 Å². The van der Waals surface area contributed by atoms with Crippen LogP contribution in [0, 0.1) is 17.1 Å². The molecule has 196 valence electrons. The van der Waals surface area contributed by atoms with Gasteiger partial charge in [0.15, 0.2) is 0 Å². The van der Waals surface area contributed by atoms with Gasteiger partial charge in [-0.25, -0.2) is 9.07 Å². The van der Waals surface area contributed by atoms with E-state index in [-0.39, 0.29) is 29.9 Å². The number of carbonyl (C=O) groups is 1. The molecule has 1 aliphatic carbocycles. The molecule has 1 fully saturated rings. The molecular formula is C32H29FN4O2. The van der Waals surface area contributed by atoms with Crippen LogP contribution >= 0.6 is 0 Å². The van der Waals surface area contributed by atoms with Crippen LogP contribution in [0.1, 0.15) is 43.2 Å². The van der Waals surface area contributed by atoms with Crippen LogP contribution in [0.3, 0.4) is 0 Å². The van der Waals surface area contributed by atoms with Gasteiger partial charge in [0.2, 0.25) is 0 Å². The van der Waals surface area contributed by atoms with Crippen LogP contribution in [0.25, 0.3) is 23.0 Å². The standard InChI is InChI=1S/C32H29FN4O2/c33-30-14-8-7-9-24(30)22-39-29-17-15-23(16-18-29)31-26(21-37(36-31)28-12-5-2-6-13-28)19-25(20-34)32(38)35-27-10-3-1-4-11-27/h2,5-9,12-19,21,27H,1,3-4,10-11,22H2,(H,35,38)/b25-19-. The highest BCUT2D eigenvalue weighted by atomic mass is 19.1. The van der Waals surface area contributed by atoms with Gasteiger partial charge < -0.3 is 10.1 Å². The van der Waals surface area contributed by atoms with Crippen LogP contribution in [0.2, 0.25) is 0 Å². The number of benzene rings is 3. The zero-order valence-corrected chi connectivity index (χ0v) is 21.5. The highest BCUT2D eigenvalue weighted by molar-refractivity contribution is 6.02. The first-order valence-corrected chi connectivity index (χ1v) is 13.1. The maximum Gasteiger partial charge on any atom is 0.262 e. The summed E-state index contributed by atoms with van der Waals surface area (Å²) in [5, 5.41) is 17.6. The van der Waals surface area contributed by atoms with Crippen molar-refractivity contribution in [3.05, 3.63) is 108 Å². The van der Waals surface area contributed by atoms with Gasteiger partial charge in [-0.15, -0.1) is 0 Å². The first-order valence-electron chi connectivity index (χ1n) is 13.1. The lowest BCUT2D eigenvalue weighted by molar-refractivity contribution is -0.117. The largest absolute Gasteiger partial charge is 0.489 e. The topological polar surface area (TPSA) is 79.9 Å². The van der Waals surface area contributed by atoms with Gasteiger partial charge in [0.25, 0.3) is 5.91 Å². The third kappa shape index (κ3) is 6.42. The van der Waals surface area contributed by atoms with E-state index in [9.17, 15) is 14.4 Å². The molecule has 0 aliphatic heterocycles. The molecule has 1 saturated carbocycles. The lowest BCUT2D eigenvalue weighted by Gasteiger charge is -2.22. The Morgan fingerprint density at radius 1 is 1.03 bits per heavy atom. The smallest absolute Gasteiger partial charge is 0.262 e. The average molecular weight is 521 g/mol. The minimum absolute atomic E-state index is 0.0410. The molecule has 6 nitrogen and oxygen atoms in total. The molecule has 0 unspecified atom stereocenters. The number of hydrogen-bond acceptors (Lipinski definition) is 4. The molecule has 0 bridgehead atoms. The highest BCUT2D eigenvalue weighted by Crippen LogP contribution is 2.28. The first kappa shape index (κ1) is 25.9. The molecular weight excluding hydrogens is 491 g/mol. The van der Waals surface area contributed by atoms with Crippen molar-refractivity contribution in [1.29, 1.82) is 5.26 Å². The van der Waals surface area contributed by atoms with E-state index in [1.165, 1.54) is 12.5 Å². The lowest BCUT2D eigenvalue weighted by atomic mass is 9.95. The number of nitrogens with one attached hydrogen (secondary N) is 1. The number of amides is 1. The summed E-state index contributed by atoms with van der Waals surface area (Å²) in [5.74, 6) is -0.0799. The normalized spacial score (nSPS) is 14.0. The maximum atomic E-state index is 13.9. The van der Waals surface area contributed by atoms with Gasteiger partial charge in [-0.1, -0.05) is 55.7 Å². The van der Waals surface area contributed by atoms with Crippen LogP contribution in [0.4, 0.5) is 4.39 Å². The van der Waals surface area contributed by atoms with Crippen molar-refractivity contribution < 1.29 is 13.9 Å². The number of halogens is 1. The van der Waals surface area contributed by atoms with Gasteiger partial charge in [0.05, 0.1) is 11.4 Å². The number of para-hydroxylation sites is 1. The van der Waals surface area contributed by atoms with Gasteiger partial charge in [-0.05, 0) is 61.4 Å². The van der Waals surface area contributed by atoms with Crippen LogP contribution in [0.15, 0.2) is 90.6 Å². The van der Waals surface area contributed by atoms with Crippen LogP contribution in [-0.4, -0.2) is 21.7 Å². The van der Waals surface area contributed by atoms with Gasteiger partial charge in [-0.3, -0.25) is 4.79 Å². The molecule has 1 N–H and O–H groups in total. The van der Waals surface area contributed by atoms with Crippen molar-refractivity contribution >= 4 is 12.0 Å². The van der Waals surface area contributed by atoms with Crippen LogP contribution in [-0.2, 0) is 11.4 Å². The molecule has 4 aromatic rings. The number of hydrogen-bond donors (Lipinski definition) is 1. The van der Waals surface area contributed by atoms with E-state index in [1.54, 1.807) is 41.1 Å². The Balaban J connectivity index is 1.42. The molecule has 1 aliphatic rings. The minimum Gasteiger partial charge on any atom is -0.489 e. The Morgan fingerprint density at radius 3 is 2.46 bits per heavy atom. The van der Waals surface area contributed by atoms with Gasteiger partial charge >= 0.3 is 0 Å². The van der Waals surface area contributed by atoms with E-state index in [0.717, 1.165) is 36.9 Å². The quantitative estimate of drug-likeness (QED) is 0.209. The summed E-state index contributed by atoms with van der Waals surface area (Å²) >= 11 is 0. The fourth-order valence-electron chi connectivity index (χ4n) is 4.73. The predicted octanol–water partition coefficient (Wildman–Crippen LogP) is 6.61. The van der Waals surface area contributed by atoms with Crippen molar-refractivity contribution in [1.82, 2.24) is 15.1 Å². The Kier molecular flexibility index (Phi) is 8.13. The monoisotopic (exact) mass is 520 g/mol. The van der Waals surface area contributed by atoms with Crippen LogP contribution < -0.4 is 10.1 Å². The SMILES string of the molecule is N#C/C(=C/c1cn(-c2ccccc2)nc1-c1ccc(OCc2ccccc2F)cc1)C(=O)NC1CCCCC1. The summed E-state index contributed by atoms with van der Waals surface area (Å²) < 4.78 is 21.5. The fraction of sp³-hybridized carbons (Fsp3) is 0.219. The summed E-state index contributed by atoms with van der Waals surface area (Å²) in [6, 6.07) is 25.7. The summed E-state index contributed by atoms with van der Waals surface area (Å²) in [5.41, 5.74) is 3.44. The third-order valence-electron chi connectivity index (χ3n) is 6.85. The summed E-state index contributed by atoms with van der Waals surface area (Å²) in [6.07, 6.45) is 8.65. The summed E-state index contributed by atoms with van der Waals surface area (Å²) in [4.78, 5) is 13.0. The van der Waals surface area contributed by atoms with Crippen LogP contribution in [0.5, 0.6) is 5.75 Å². The Labute approximate surface area is 227 Å². The first-order chi connectivity index (χ1) is 19.1. The predicted molar refractivity (Wildman–Crippen MR) is 148 cm³/mol. The number of ether oxygens (including phenoxy) is 1. The van der Waals surface area contributed by atoms with E-state index in [1.807, 2.05) is 48.7 Å².